The van der Waals surface area contributed by atoms with Crippen molar-refractivity contribution in [1.29, 1.82) is 0 Å². The molecule has 0 fully saturated rings. The van der Waals surface area contributed by atoms with Crippen molar-refractivity contribution in [1.82, 2.24) is 15.1 Å². The zero-order valence-electron chi connectivity index (χ0n) is 14.5. The Hall–Kier alpha value is -3.08. The van der Waals surface area contributed by atoms with Gasteiger partial charge in [-0.05, 0) is 29.7 Å². The maximum atomic E-state index is 13.3. The lowest BCUT2D eigenvalue weighted by Crippen LogP contribution is -2.40. The molecule has 0 radical (unpaired) electrons. The predicted octanol–water partition coefficient (Wildman–Crippen LogP) is 3.19. The lowest BCUT2D eigenvalue weighted by molar-refractivity contribution is -0.138. The van der Waals surface area contributed by atoms with Gasteiger partial charge in [-0.2, -0.15) is 5.10 Å². The summed E-state index contributed by atoms with van der Waals surface area (Å²) in [6.07, 6.45) is 2.42. The number of para-hydroxylation sites is 1. The van der Waals surface area contributed by atoms with Gasteiger partial charge in [-0.15, -0.1) is 0 Å². The Bertz CT molecular complexity index is 862. The third-order valence-corrected chi connectivity index (χ3v) is 4.68. The second-order valence-corrected chi connectivity index (χ2v) is 6.58. The van der Waals surface area contributed by atoms with Crippen LogP contribution in [0.25, 0.3) is 0 Å². The van der Waals surface area contributed by atoms with Crippen LogP contribution in [0.4, 0.5) is 0 Å². The van der Waals surface area contributed by atoms with Gasteiger partial charge in [0, 0.05) is 12.7 Å². The SMILES string of the molecule is O=C([C@H]1COc2ccccc2C1)N(Cc1ccccc1)Cc1ccn[nH]1. The number of rotatable bonds is 5. The highest BCUT2D eigenvalue weighted by atomic mass is 16.5. The highest BCUT2D eigenvalue weighted by Gasteiger charge is 2.29. The fourth-order valence-corrected chi connectivity index (χ4v) is 3.34. The molecule has 132 valence electrons. The van der Waals surface area contributed by atoms with Gasteiger partial charge in [0.2, 0.25) is 5.91 Å². The van der Waals surface area contributed by atoms with Gasteiger partial charge in [0.1, 0.15) is 12.4 Å². The minimum absolute atomic E-state index is 0.109. The zero-order chi connectivity index (χ0) is 17.8. The molecule has 1 atom stereocenters. The quantitative estimate of drug-likeness (QED) is 0.771. The highest BCUT2D eigenvalue weighted by molar-refractivity contribution is 5.79. The van der Waals surface area contributed by atoms with E-state index in [0.717, 1.165) is 22.6 Å². The fraction of sp³-hybridized carbons (Fsp3) is 0.238. The zero-order valence-corrected chi connectivity index (χ0v) is 14.5. The lowest BCUT2D eigenvalue weighted by Gasteiger charge is -2.30. The number of nitrogens with zero attached hydrogens (tertiary/aromatic N) is 2. The number of hydrogen-bond donors (Lipinski definition) is 1. The summed E-state index contributed by atoms with van der Waals surface area (Å²) in [6.45, 7) is 1.49. The van der Waals surface area contributed by atoms with Gasteiger partial charge in [-0.3, -0.25) is 9.89 Å². The average Bonchev–Trinajstić information content (AvgIpc) is 3.20. The average molecular weight is 347 g/mol. The molecule has 26 heavy (non-hydrogen) atoms. The molecule has 0 unspecified atom stereocenters. The number of aromatic amines is 1. The number of amides is 1. The van der Waals surface area contributed by atoms with Crippen molar-refractivity contribution in [2.45, 2.75) is 19.5 Å². The summed E-state index contributed by atoms with van der Waals surface area (Å²) >= 11 is 0. The smallest absolute Gasteiger partial charge is 0.230 e. The van der Waals surface area contributed by atoms with Crippen LogP contribution in [-0.2, 0) is 24.3 Å². The molecule has 0 spiro atoms. The van der Waals surface area contributed by atoms with E-state index in [0.29, 0.717) is 26.1 Å². The molecule has 1 amide bonds. The van der Waals surface area contributed by atoms with Crippen LogP contribution in [0.1, 0.15) is 16.8 Å². The van der Waals surface area contributed by atoms with Crippen molar-refractivity contribution in [3.63, 3.8) is 0 Å². The predicted molar refractivity (Wildman–Crippen MR) is 98.4 cm³/mol. The first-order valence-electron chi connectivity index (χ1n) is 8.81. The molecule has 4 rings (SSSR count). The number of H-pyrrole nitrogens is 1. The molecule has 1 aliphatic heterocycles. The number of fused-ring (bicyclic) bond motifs is 1. The number of aromatic nitrogens is 2. The van der Waals surface area contributed by atoms with Gasteiger partial charge in [0.25, 0.3) is 0 Å². The van der Waals surface area contributed by atoms with Crippen LogP contribution < -0.4 is 4.74 Å². The number of carbonyl (C=O) groups excluding carboxylic acids is 1. The maximum absolute atomic E-state index is 13.3. The molecule has 5 heteroatoms. The maximum Gasteiger partial charge on any atom is 0.230 e. The molecule has 1 aromatic heterocycles. The van der Waals surface area contributed by atoms with Gasteiger partial charge in [-0.25, -0.2) is 0 Å². The van der Waals surface area contributed by atoms with Gasteiger partial charge in [0.05, 0.1) is 18.2 Å². The lowest BCUT2D eigenvalue weighted by atomic mass is 9.95. The Balaban J connectivity index is 1.54. The molecule has 0 saturated carbocycles. The Labute approximate surface area is 152 Å². The second-order valence-electron chi connectivity index (χ2n) is 6.58. The molecule has 5 nitrogen and oxygen atoms in total. The van der Waals surface area contributed by atoms with Crippen molar-refractivity contribution in [3.8, 4) is 5.75 Å². The van der Waals surface area contributed by atoms with E-state index in [4.69, 9.17) is 4.74 Å². The number of nitrogens with one attached hydrogen (secondary N) is 1. The summed E-state index contributed by atoms with van der Waals surface area (Å²) in [6, 6.07) is 19.9. The van der Waals surface area contributed by atoms with Crippen LogP contribution in [0, 0.1) is 5.92 Å². The van der Waals surface area contributed by atoms with Crippen molar-refractivity contribution in [2.75, 3.05) is 6.61 Å². The van der Waals surface area contributed by atoms with E-state index >= 15 is 0 Å². The Kier molecular flexibility index (Phi) is 4.69. The van der Waals surface area contributed by atoms with Crippen LogP contribution >= 0.6 is 0 Å². The Morgan fingerprint density at radius 2 is 1.88 bits per heavy atom. The second kappa shape index (κ2) is 7.44. The van der Waals surface area contributed by atoms with Crippen LogP contribution in [0.15, 0.2) is 66.9 Å². The van der Waals surface area contributed by atoms with Crippen LogP contribution in [-0.4, -0.2) is 27.6 Å². The largest absolute Gasteiger partial charge is 0.492 e. The van der Waals surface area contributed by atoms with Gasteiger partial charge in [0.15, 0.2) is 0 Å². The molecular formula is C21H21N3O2. The highest BCUT2D eigenvalue weighted by Crippen LogP contribution is 2.28. The molecule has 0 saturated heterocycles. The van der Waals surface area contributed by atoms with E-state index in [1.807, 2.05) is 65.6 Å². The van der Waals surface area contributed by atoms with Crippen LogP contribution in [0.2, 0.25) is 0 Å². The van der Waals surface area contributed by atoms with Crippen molar-refractivity contribution < 1.29 is 9.53 Å². The minimum Gasteiger partial charge on any atom is -0.492 e. The normalized spacial score (nSPS) is 15.8. The van der Waals surface area contributed by atoms with Crippen molar-refractivity contribution in [2.24, 2.45) is 5.92 Å². The first-order chi connectivity index (χ1) is 12.8. The summed E-state index contributed by atoms with van der Waals surface area (Å²) in [5, 5.41) is 6.95. The van der Waals surface area contributed by atoms with Gasteiger partial charge >= 0.3 is 0 Å². The number of hydrogen-bond acceptors (Lipinski definition) is 3. The van der Waals surface area contributed by atoms with E-state index in [1.165, 1.54) is 0 Å². The van der Waals surface area contributed by atoms with Crippen molar-refractivity contribution >= 4 is 5.91 Å². The molecule has 0 bridgehead atoms. The Morgan fingerprint density at radius 1 is 1.08 bits per heavy atom. The van der Waals surface area contributed by atoms with Gasteiger partial charge < -0.3 is 9.64 Å². The molecule has 1 N–H and O–H groups in total. The van der Waals surface area contributed by atoms with E-state index in [2.05, 4.69) is 10.2 Å². The van der Waals surface area contributed by atoms with Gasteiger partial charge in [-0.1, -0.05) is 48.5 Å². The standard InChI is InChI=1S/C21H21N3O2/c25-21(18-12-17-8-4-5-9-20(17)26-15-18)24(14-19-10-11-22-23-19)13-16-6-2-1-3-7-16/h1-11,18H,12-15H2,(H,22,23)/t18-/m1/s1. The van der Waals surface area contributed by atoms with E-state index in [-0.39, 0.29) is 11.8 Å². The topological polar surface area (TPSA) is 58.2 Å². The monoisotopic (exact) mass is 347 g/mol. The first kappa shape index (κ1) is 16.4. The van der Waals surface area contributed by atoms with Crippen LogP contribution in [0.3, 0.4) is 0 Å². The third kappa shape index (κ3) is 3.61. The molecule has 1 aliphatic rings. The summed E-state index contributed by atoms with van der Waals surface area (Å²) in [5.41, 5.74) is 3.13. The number of carbonyl (C=O) groups is 1. The third-order valence-electron chi connectivity index (χ3n) is 4.68. The fourth-order valence-electron chi connectivity index (χ4n) is 3.34. The number of ether oxygens (including phenoxy) is 1. The minimum atomic E-state index is -0.170. The van der Waals surface area contributed by atoms with E-state index < -0.39 is 0 Å². The number of benzene rings is 2. The van der Waals surface area contributed by atoms with Crippen molar-refractivity contribution in [3.05, 3.63) is 83.7 Å². The van der Waals surface area contributed by atoms with Crippen LogP contribution in [0.5, 0.6) is 5.75 Å². The summed E-state index contributed by atoms with van der Waals surface area (Å²) in [4.78, 5) is 15.1. The van der Waals surface area contributed by atoms with E-state index in [1.54, 1.807) is 6.20 Å². The molecule has 2 heterocycles. The molecule has 3 aromatic rings. The summed E-state index contributed by atoms with van der Waals surface area (Å²) in [5.74, 6) is 0.828. The van der Waals surface area contributed by atoms with E-state index in [9.17, 15) is 4.79 Å². The Morgan fingerprint density at radius 3 is 2.69 bits per heavy atom. The molecule has 0 aliphatic carbocycles. The summed E-state index contributed by atoms with van der Waals surface area (Å²) in [7, 11) is 0. The molecule has 2 aromatic carbocycles. The summed E-state index contributed by atoms with van der Waals surface area (Å²) < 4.78 is 5.83. The molecular weight excluding hydrogens is 326 g/mol. The first-order valence-corrected chi connectivity index (χ1v) is 8.81.